The van der Waals surface area contributed by atoms with Crippen LogP contribution < -0.4 is 9.60 Å². The summed E-state index contributed by atoms with van der Waals surface area (Å²) in [5.41, 5.74) is 1.62. The van der Waals surface area contributed by atoms with Crippen LogP contribution in [0.2, 0.25) is 0 Å². The molecule has 10 aromatic rings. The molecule has 488 valence electrons. The maximum Gasteiger partial charge on any atom is 0.338 e. The Hall–Kier alpha value is -11.3. The van der Waals surface area contributed by atoms with E-state index in [1.54, 1.807) is 132 Å². The molecule has 2 aliphatic heterocycles. The lowest BCUT2D eigenvalue weighted by Crippen LogP contribution is -2.67. The van der Waals surface area contributed by atoms with E-state index in [-0.39, 0.29) is 43.7 Å². The zero-order chi connectivity index (χ0) is 66.9. The summed E-state index contributed by atoms with van der Waals surface area (Å²) >= 11 is 0. The van der Waals surface area contributed by atoms with Crippen molar-refractivity contribution in [3.05, 3.63) is 322 Å². The largest absolute Gasteiger partial charge is 0.459 e. The number of carbonyl (C=O) groups excluding carboxylic acids is 7. The van der Waals surface area contributed by atoms with Gasteiger partial charge in [0.05, 0.1) is 50.3 Å². The van der Waals surface area contributed by atoms with E-state index in [2.05, 4.69) is 0 Å². The highest BCUT2D eigenvalue weighted by Crippen LogP contribution is 2.37. The molecule has 0 spiro atoms. The average Bonchev–Trinajstić information content (AvgIpc) is 1.27. The first-order valence-electron chi connectivity index (χ1n) is 30.6. The first kappa shape index (κ1) is 65.8. The highest BCUT2D eigenvalue weighted by atomic mass is 32.9. The van der Waals surface area contributed by atoms with Crippen LogP contribution >= 0.6 is 20.7 Å². The van der Waals surface area contributed by atoms with Gasteiger partial charge in [0.15, 0.2) is 43.0 Å². The minimum absolute atomic E-state index is 0.00695. The van der Waals surface area contributed by atoms with Crippen molar-refractivity contribution in [3.8, 4) is 5.69 Å². The molecule has 0 N–H and O–H groups in total. The van der Waals surface area contributed by atoms with Crippen LogP contribution in [-0.4, -0.2) is 121 Å². The van der Waals surface area contributed by atoms with Crippen LogP contribution in [0.1, 0.15) is 72.5 Å². The van der Waals surface area contributed by atoms with Crippen molar-refractivity contribution in [2.45, 2.75) is 61.3 Å². The van der Waals surface area contributed by atoms with Crippen LogP contribution in [-0.2, 0) is 47.4 Å². The maximum absolute atomic E-state index is 15.1. The van der Waals surface area contributed by atoms with E-state index in [4.69, 9.17) is 57.4 Å². The van der Waals surface area contributed by atoms with Gasteiger partial charge in [-0.15, -0.1) is 0 Å². The van der Waals surface area contributed by atoms with E-state index in [1.807, 2.05) is 60.7 Å². The standard InChI is InChI=1S/C75H59N3O17S2/c79-66(48-28-10-1-11-29-48)86-46-57-60(61(91-69(82)51-34-16-4-17-35-51)63(93-71(84)53-38-20-6-21-39-53)65(88-57)77-75-78(56-44-26-9-27-45-56)74(96-97-75)76-55-42-24-8-25-43-55)95-73-64(94-72(85)54-40-22-7-23-41-54)62(92-70(83)52-36-18-5-19-37-52)59(90-68(81)50-32-14-3-15-33-50)58(89-73)47-87-67(80)49-30-12-2-13-31-49/h1-45,57-65,73H,46-47H2/b76-74?,77-75+/t57-,58-,59+,60-,61+,62+,63-,64-,65-,73+/m1/s1. The van der Waals surface area contributed by atoms with Crippen molar-refractivity contribution in [1.29, 1.82) is 0 Å². The molecule has 0 radical (unpaired) electrons. The van der Waals surface area contributed by atoms with E-state index in [0.29, 0.717) is 16.2 Å². The third kappa shape index (κ3) is 16.5. The van der Waals surface area contributed by atoms with Crippen LogP contribution in [0.3, 0.4) is 0 Å². The van der Waals surface area contributed by atoms with Crippen LogP contribution in [0.15, 0.2) is 283 Å². The minimum Gasteiger partial charge on any atom is -0.459 e. The van der Waals surface area contributed by atoms with Gasteiger partial charge >= 0.3 is 41.8 Å². The van der Waals surface area contributed by atoms with Crippen LogP contribution in [0.5, 0.6) is 0 Å². The first-order chi connectivity index (χ1) is 47.5. The second-order valence-corrected chi connectivity index (χ2v) is 23.9. The lowest BCUT2D eigenvalue weighted by atomic mass is 9.95. The molecule has 0 aliphatic carbocycles. The summed E-state index contributed by atoms with van der Waals surface area (Å²) in [6.45, 7) is -1.49. The molecule has 0 saturated carbocycles. The maximum atomic E-state index is 15.1. The van der Waals surface area contributed by atoms with Crippen molar-refractivity contribution >= 4 is 68.2 Å². The predicted octanol–water partition coefficient (Wildman–Crippen LogP) is 11.4. The molecule has 0 bridgehead atoms. The summed E-state index contributed by atoms with van der Waals surface area (Å²) in [5, 5.41) is 0. The normalized spacial score (nSPS) is 20.8. The smallest absolute Gasteiger partial charge is 0.338 e. The number of carbonyl (C=O) groups is 7. The molecule has 22 heteroatoms. The summed E-state index contributed by atoms with van der Waals surface area (Å²) in [6, 6.07) is 73.6. The van der Waals surface area contributed by atoms with Gasteiger partial charge in [-0.3, -0.25) is 4.57 Å². The molecular formula is C75H59N3O17S2. The van der Waals surface area contributed by atoms with E-state index in [9.17, 15) is 28.8 Å². The lowest BCUT2D eigenvalue weighted by Gasteiger charge is -2.48. The number of rotatable bonds is 21. The van der Waals surface area contributed by atoms with Gasteiger partial charge in [0.25, 0.3) is 0 Å². The van der Waals surface area contributed by atoms with Gasteiger partial charge < -0.3 is 47.4 Å². The Morgan fingerprint density at radius 1 is 0.330 bits per heavy atom. The third-order valence-corrected chi connectivity index (χ3v) is 17.4. The molecule has 2 fully saturated rings. The number of para-hydroxylation sites is 2. The molecule has 12 rings (SSSR count). The van der Waals surface area contributed by atoms with E-state index in [0.717, 1.165) is 0 Å². The second-order valence-electron chi connectivity index (χ2n) is 21.8. The van der Waals surface area contributed by atoms with Gasteiger partial charge in [0.1, 0.15) is 31.5 Å². The monoisotopic (exact) mass is 1340 g/mol. The van der Waals surface area contributed by atoms with Gasteiger partial charge in [-0.05, 0) is 130 Å². The minimum atomic E-state index is -2.10. The molecule has 3 heterocycles. The molecule has 2 aliphatic rings. The van der Waals surface area contributed by atoms with Crippen molar-refractivity contribution < 1.29 is 80.9 Å². The fourth-order valence-electron chi connectivity index (χ4n) is 10.6. The zero-order valence-corrected chi connectivity index (χ0v) is 52.9. The van der Waals surface area contributed by atoms with Gasteiger partial charge in [0.2, 0.25) is 9.60 Å². The summed E-state index contributed by atoms with van der Waals surface area (Å²) in [7, 11) is 2.46. The third-order valence-electron chi connectivity index (χ3n) is 15.3. The molecule has 10 atom stereocenters. The molecular weight excluding hydrogens is 1280 g/mol. The van der Waals surface area contributed by atoms with Crippen LogP contribution in [0.4, 0.5) is 5.69 Å². The van der Waals surface area contributed by atoms with Gasteiger partial charge in [0, 0.05) is 0 Å². The molecule has 1 aromatic heterocycles. The van der Waals surface area contributed by atoms with Crippen molar-refractivity contribution in [2.75, 3.05) is 13.2 Å². The number of esters is 7. The highest BCUT2D eigenvalue weighted by molar-refractivity contribution is 7.67. The first-order valence-corrected chi connectivity index (χ1v) is 32.8. The summed E-state index contributed by atoms with van der Waals surface area (Å²) < 4.78 is 67.5. The average molecular weight is 1340 g/mol. The summed E-state index contributed by atoms with van der Waals surface area (Å²) in [4.78, 5) is 113. The second kappa shape index (κ2) is 31.8. The molecule has 97 heavy (non-hydrogen) atoms. The number of aromatic nitrogens is 1. The summed E-state index contributed by atoms with van der Waals surface area (Å²) in [5.74, 6) is -6.59. The fraction of sp³-hybridized carbons (Fsp3) is 0.160. The van der Waals surface area contributed by atoms with Crippen molar-refractivity contribution in [1.82, 2.24) is 4.57 Å². The van der Waals surface area contributed by atoms with Gasteiger partial charge in [-0.25, -0.2) is 43.5 Å². The number of benzene rings is 9. The van der Waals surface area contributed by atoms with Crippen LogP contribution in [0, 0.1) is 0 Å². The highest BCUT2D eigenvalue weighted by Gasteiger charge is 2.58. The van der Waals surface area contributed by atoms with Crippen molar-refractivity contribution in [2.24, 2.45) is 9.98 Å². The molecule has 0 unspecified atom stereocenters. The Labute approximate surface area is 562 Å². The Balaban J connectivity index is 1.06. The number of hydrogen-bond acceptors (Lipinski definition) is 21. The summed E-state index contributed by atoms with van der Waals surface area (Å²) in [6.07, 6.45) is -18.6. The lowest BCUT2D eigenvalue weighted by molar-refractivity contribution is -0.338. The quantitative estimate of drug-likeness (QED) is 0.0369. The predicted molar refractivity (Wildman–Crippen MR) is 353 cm³/mol. The Kier molecular flexibility index (Phi) is 21.5. The fourth-order valence-corrected chi connectivity index (χ4v) is 12.8. The Morgan fingerprint density at radius 3 is 1.04 bits per heavy atom. The number of hydrogen-bond donors (Lipinski definition) is 0. The Morgan fingerprint density at radius 2 is 0.639 bits per heavy atom. The molecule has 20 nitrogen and oxygen atoms in total. The van der Waals surface area contributed by atoms with Crippen molar-refractivity contribution in [3.63, 3.8) is 0 Å². The number of ether oxygens (including phenoxy) is 10. The molecule has 9 aromatic carbocycles. The van der Waals surface area contributed by atoms with Crippen LogP contribution in [0.25, 0.3) is 5.69 Å². The number of nitrogens with zero attached hydrogens (tertiary/aromatic N) is 3. The Bertz CT molecular complexity index is 4460. The zero-order valence-electron chi connectivity index (χ0n) is 51.3. The van der Waals surface area contributed by atoms with Gasteiger partial charge in [-0.2, -0.15) is 0 Å². The SMILES string of the molecule is O=C(OC[C@H]1O[C@@H](O[C@H]2[C@H](OC(=O)c3ccccc3)[C@@H](OC(=O)c3ccccc3)[C@H](/N=c3/ssc(=Nc4ccccc4)n3-c3ccccc3)O[C@@H]2COC(=O)c2ccccc2)[C@H](OC(=O)c2ccccc2)[C@@H](OC(=O)c2ccccc2)[C@H]1OC(=O)c1ccccc1)c1ccccc1. The van der Waals surface area contributed by atoms with E-state index < -0.39 is 116 Å². The van der Waals surface area contributed by atoms with Gasteiger partial charge in [-0.1, -0.05) is 164 Å². The van der Waals surface area contributed by atoms with E-state index >= 15 is 4.79 Å². The molecule has 0 amide bonds. The molecule has 2 saturated heterocycles. The van der Waals surface area contributed by atoms with E-state index in [1.165, 1.54) is 106 Å². The topological polar surface area (TPSA) is 241 Å².